The zero-order valence-corrected chi connectivity index (χ0v) is 21.8. The molecule has 0 atom stereocenters. The van der Waals surface area contributed by atoms with Gasteiger partial charge in [-0.2, -0.15) is 0 Å². The first-order valence-electron chi connectivity index (χ1n) is 12.8. The van der Waals surface area contributed by atoms with Crippen LogP contribution < -0.4 is 4.74 Å². The Balaban J connectivity index is 1.78. The van der Waals surface area contributed by atoms with Crippen LogP contribution in [0.1, 0.15) is 80.3 Å². The number of methoxy groups -OCH3 is 1. The van der Waals surface area contributed by atoms with Crippen LogP contribution in [0.5, 0.6) is 5.75 Å². The number of benzene rings is 2. The predicted octanol–water partition coefficient (Wildman–Crippen LogP) is 7.37. The average Bonchev–Trinajstić information content (AvgIpc) is 3.07. The maximum Gasteiger partial charge on any atom is 0.511 e. The van der Waals surface area contributed by atoms with Gasteiger partial charge in [-0.3, -0.25) is 0 Å². The van der Waals surface area contributed by atoms with Crippen molar-refractivity contribution in [3.8, 4) is 17.0 Å². The average molecular weight is 504 g/mol. The molecule has 1 aliphatic heterocycles. The number of aromatic nitrogens is 1. The van der Waals surface area contributed by atoms with E-state index >= 15 is 0 Å². The van der Waals surface area contributed by atoms with Crippen molar-refractivity contribution in [1.82, 2.24) is 4.57 Å². The van der Waals surface area contributed by atoms with Crippen LogP contribution in [0.2, 0.25) is 0 Å². The number of nitrogens with zero attached hydrogens (tertiary/aromatic N) is 1. The van der Waals surface area contributed by atoms with Crippen molar-refractivity contribution in [3.05, 3.63) is 58.8 Å². The first kappa shape index (κ1) is 24.9. The van der Waals surface area contributed by atoms with Crippen LogP contribution in [0.25, 0.3) is 28.2 Å². The molecule has 2 heterocycles. The summed E-state index contributed by atoms with van der Waals surface area (Å²) in [5, 5.41) is 10.5. The Morgan fingerprint density at radius 1 is 1.03 bits per heavy atom. The van der Waals surface area contributed by atoms with Crippen molar-refractivity contribution >= 4 is 29.1 Å². The number of fused-ring (bicyclic) bond motifs is 5. The van der Waals surface area contributed by atoms with E-state index in [1.807, 2.05) is 57.2 Å². The van der Waals surface area contributed by atoms with Crippen molar-refractivity contribution in [2.75, 3.05) is 7.11 Å². The highest BCUT2D eigenvalue weighted by atomic mass is 16.7. The summed E-state index contributed by atoms with van der Waals surface area (Å²) in [7, 11) is 1.61. The van der Waals surface area contributed by atoms with Crippen LogP contribution >= 0.6 is 0 Å². The molecule has 1 aromatic heterocycles. The number of carbonyl (C=O) groups is 2. The Kier molecular flexibility index (Phi) is 6.48. The van der Waals surface area contributed by atoms with E-state index in [4.69, 9.17) is 14.2 Å². The molecule has 1 saturated carbocycles. The fourth-order valence-corrected chi connectivity index (χ4v) is 5.65. The summed E-state index contributed by atoms with van der Waals surface area (Å²) in [6.45, 7) is 5.76. The second-order valence-electron chi connectivity index (χ2n) is 10.8. The van der Waals surface area contributed by atoms with Gasteiger partial charge in [0.15, 0.2) is 0 Å². The van der Waals surface area contributed by atoms with Crippen molar-refractivity contribution in [3.63, 3.8) is 0 Å². The first-order chi connectivity index (χ1) is 17.6. The molecule has 0 saturated heterocycles. The highest BCUT2D eigenvalue weighted by molar-refractivity contribution is 6.00. The fourth-order valence-electron chi connectivity index (χ4n) is 5.65. The van der Waals surface area contributed by atoms with E-state index in [2.05, 4.69) is 4.57 Å². The Hall–Kier alpha value is -3.74. The Bertz CT molecular complexity index is 1400. The summed E-state index contributed by atoms with van der Waals surface area (Å²) in [4.78, 5) is 24.5. The predicted molar refractivity (Wildman–Crippen MR) is 142 cm³/mol. The molecule has 7 heteroatoms. The van der Waals surface area contributed by atoms with E-state index in [1.165, 1.54) is 24.8 Å². The number of hydrogen-bond donors (Lipinski definition) is 1. The summed E-state index contributed by atoms with van der Waals surface area (Å²) >= 11 is 0. The van der Waals surface area contributed by atoms with E-state index < -0.39 is 11.8 Å². The Morgan fingerprint density at radius 3 is 2.46 bits per heavy atom. The normalized spacial score (nSPS) is 15.8. The van der Waals surface area contributed by atoms with Gasteiger partial charge in [-0.25, -0.2) is 9.59 Å². The number of carbonyl (C=O) groups excluding carboxylic acids is 1. The molecule has 37 heavy (non-hydrogen) atoms. The van der Waals surface area contributed by atoms with Crippen molar-refractivity contribution in [1.29, 1.82) is 0 Å². The Morgan fingerprint density at radius 2 is 1.78 bits per heavy atom. The van der Waals surface area contributed by atoms with Gasteiger partial charge in [0.1, 0.15) is 17.1 Å². The fraction of sp³-hybridized carbons (Fsp3) is 0.400. The molecule has 2 aliphatic rings. The Labute approximate surface area is 216 Å². The zero-order chi connectivity index (χ0) is 26.3. The van der Waals surface area contributed by atoms with Crippen LogP contribution in [0.4, 0.5) is 4.79 Å². The van der Waals surface area contributed by atoms with E-state index in [1.54, 1.807) is 13.2 Å². The molecular formula is C30H33NO6. The zero-order valence-electron chi connectivity index (χ0n) is 21.8. The van der Waals surface area contributed by atoms with E-state index in [9.17, 15) is 14.7 Å². The number of hydrogen-bond acceptors (Lipinski definition) is 5. The highest BCUT2D eigenvalue weighted by Gasteiger charge is 2.30. The number of carboxylic acid groups (broad SMARTS) is 1. The molecular weight excluding hydrogens is 470 g/mol. The highest BCUT2D eigenvalue weighted by Crippen LogP contribution is 2.47. The standard InChI is InChI=1S/C30H33NO6/c1-30(2,3)37-28(32)19-10-12-24-25(16-19)31-17-22(36-29(33)34)15-20-14-21(35-4)11-13-23(20)27(31)26(24)18-8-6-5-7-9-18/h10-16,18H,5-9,17H2,1-4H3,(H,33,34). The largest absolute Gasteiger partial charge is 0.511 e. The number of allylic oxidation sites excluding steroid dienone is 1. The minimum atomic E-state index is -1.36. The monoisotopic (exact) mass is 503 g/mol. The number of ether oxygens (including phenoxy) is 3. The minimum absolute atomic E-state index is 0.222. The van der Waals surface area contributed by atoms with Gasteiger partial charge >= 0.3 is 12.1 Å². The van der Waals surface area contributed by atoms with Gasteiger partial charge in [0.25, 0.3) is 0 Å². The smallest absolute Gasteiger partial charge is 0.497 e. The van der Waals surface area contributed by atoms with Gasteiger partial charge in [-0.05, 0) is 87.1 Å². The van der Waals surface area contributed by atoms with Crippen molar-refractivity contribution in [2.45, 2.75) is 70.9 Å². The molecule has 3 aromatic rings. The van der Waals surface area contributed by atoms with Gasteiger partial charge < -0.3 is 23.9 Å². The summed E-state index contributed by atoms with van der Waals surface area (Å²) in [5.74, 6) is 0.966. The van der Waals surface area contributed by atoms with Gasteiger partial charge in [0, 0.05) is 10.9 Å². The molecule has 194 valence electrons. The maximum absolute atomic E-state index is 13.0. The topological polar surface area (TPSA) is 87.0 Å². The lowest BCUT2D eigenvalue weighted by atomic mass is 9.81. The SMILES string of the molecule is COc1ccc2c(c1)C=C(OC(=O)O)Cn1c-2c(C2CCCCC2)c2ccc(C(=O)OC(C)(C)C)cc21. The molecule has 0 bridgehead atoms. The van der Waals surface area contributed by atoms with Crippen LogP contribution in [0.3, 0.4) is 0 Å². The summed E-state index contributed by atoms with van der Waals surface area (Å²) in [5.41, 5.74) is 4.83. The molecule has 0 spiro atoms. The minimum Gasteiger partial charge on any atom is -0.497 e. The van der Waals surface area contributed by atoms with Crippen molar-refractivity contribution in [2.24, 2.45) is 0 Å². The maximum atomic E-state index is 13.0. The number of rotatable bonds is 4. The molecule has 1 N–H and O–H groups in total. The van der Waals surface area contributed by atoms with Crippen LogP contribution in [0.15, 0.2) is 42.2 Å². The van der Waals surface area contributed by atoms with Crippen LogP contribution in [-0.4, -0.2) is 34.5 Å². The van der Waals surface area contributed by atoms with E-state index in [0.717, 1.165) is 40.6 Å². The molecule has 0 amide bonds. The second-order valence-corrected chi connectivity index (χ2v) is 10.8. The van der Waals surface area contributed by atoms with Crippen LogP contribution in [0, 0.1) is 0 Å². The lowest BCUT2D eigenvalue weighted by Crippen LogP contribution is -2.23. The third-order valence-corrected chi connectivity index (χ3v) is 7.11. The molecule has 0 radical (unpaired) electrons. The van der Waals surface area contributed by atoms with Gasteiger partial charge in [0.2, 0.25) is 0 Å². The molecule has 2 aromatic carbocycles. The van der Waals surface area contributed by atoms with Gasteiger partial charge in [-0.15, -0.1) is 0 Å². The lowest BCUT2D eigenvalue weighted by Gasteiger charge is -2.24. The van der Waals surface area contributed by atoms with Gasteiger partial charge in [-0.1, -0.05) is 25.3 Å². The first-order valence-corrected chi connectivity index (χ1v) is 12.8. The molecule has 0 unspecified atom stereocenters. The molecule has 1 fully saturated rings. The number of esters is 1. The third-order valence-electron chi connectivity index (χ3n) is 7.11. The van der Waals surface area contributed by atoms with Crippen molar-refractivity contribution < 1.29 is 28.9 Å². The second kappa shape index (κ2) is 9.61. The van der Waals surface area contributed by atoms with Gasteiger partial charge in [0.05, 0.1) is 30.4 Å². The van der Waals surface area contributed by atoms with E-state index in [0.29, 0.717) is 23.0 Å². The summed E-state index contributed by atoms with van der Waals surface area (Å²) in [6, 6.07) is 11.6. The third kappa shape index (κ3) is 4.95. The van der Waals surface area contributed by atoms with Crippen LogP contribution in [-0.2, 0) is 16.0 Å². The molecule has 1 aliphatic carbocycles. The quantitative estimate of drug-likeness (QED) is 0.374. The molecule has 5 rings (SSSR count). The lowest BCUT2D eigenvalue weighted by molar-refractivity contribution is 0.00695. The van der Waals surface area contributed by atoms with E-state index in [-0.39, 0.29) is 12.5 Å². The summed E-state index contributed by atoms with van der Waals surface area (Å²) in [6.07, 6.45) is 6.18. The summed E-state index contributed by atoms with van der Waals surface area (Å²) < 4.78 is 18.4. The molecule has 7 nitrogen and oxygen atoms in total.